The van der Waals surface area contributed by atoms with E-state index in [9.17, 15) is 9.59 Å². The van der Waals surface area contributed by atoms with Gasteiger partial charge in [-0.2, -0.15) is 0 Å². The molecule has 5 rings (SSSR count). The first-order chi connectivity index (χ1) is 16.5. The Labute approximate surface area is 205 Å². The van der Waals surface area contributed by atoms with Crippen LogP contribution in [0.15, 0.2) is 54.6 Å². The maximum Gasteiger partial charge on any atom is 0.254 e. The van der Waals surface area contributed by atoms with Crippen molar-refractivity contribution in [2.75, 3.05) is 26.2 Å². The van der Waals surface area contributed by atoms with E-state index in [2.05, 4.69) is 6.92 Å². The minimum atomic E-state index is 0.00584. The lowest BCUT2D eigenvalue weighted by Crippen LogP contribution is -2.47. The van der Waals surface area contributed by atoms with Gasteiger partial charge in [-0.1, -0.05) is 48.9 Å². The summed E-state index contributed by atoms with van der Waals surface area (Å²) >= 11 is 6.06. The highest BCUT2D eigenvalue weighted by molar-refractivity contribution is 6.30. The number of fused-ring (bicyclic) bond motifs is 1. The number of hydrogen-bond acceptors (Lipinski definition) is 3. The zero-order valence-corrected chi connectivity index (χ0v) is 20.3. The Balaban J connectivity index is 1.35. The number of aromatic nitrogens is 1. The number of benzene rings is 2. The minimum absolute atomic E-state index is 0.00584. The van der Waals surface area contributed by atoms with Crippen molar-refractivity contribution in [2.45, 2.75) is 32.6 Å². The first-order valence-corrected chi connectivity index (χ1v) is 12.6. The summed E-state index contributed by atoms with van der Waals surface area (Å²) in [6.07, 6.45) is 3.74. The number of nitrogens with zero attached hydrogens (tertiary/aromatic N) is 3. The molecule has 6 heteroatoms. The summed E-state index contributed by atoms with van der Waals surface area (Å²) in [7, 11) is 0. The van der Waals surface area contributed by atoms with E-state index in [1.165, 1.54) is 6.42 Å². The van der Waals surface area contributed by atoms with Crippen molar-refractivity contribution in [1.82, 2.24) is 14.8 Å². The molecule has 2 aliphatic heterocycles. The number of halogens is 1. The number of amides is 2. The smallest absolute Gasteiger partial charge is 0.254 e. The van der Waals surface area contributed by atoms with E-state index in [1.807, 2.05) is 64.4 Å². The van der Waals surface area contributed by atoms with Crippen LogP contribution >= 0.6 is 11.6 Å². The first kappa shape index (κ1) is 22.9. The summed E-state index contributed by atoms with van der Waals surface area (Å²) in [5, 5.41) is 1.52. The van der Waals surface area contributed by atoms with Crippen molar-refractivity contribution < 1.29 is 9.59 Å². The highest BCUT2D eigenvalue weighted by atomic mass is 35.5. The lowest BCUT2D eigenvalue weighted by molar-refractivity contribution is -0.138. The van der Waals surface area contributed by atoms with Crippen LogP contribution in [0.25, 0.3) is 22.2 Å². The second-order valence-corrected chi connectivity index (χ2v) is 10.1. The molecular formula is C28H30ClN3O2. The summed E-state index contributed by atoms with van der Waals surface area (Å²) in [6.45, 7) is 5.17. The number of likely N-dealkylation sites (tertiary alicyclic amines) is 2. The maximum absolute atomic E-state index is 13.7. The summed E-state index contributed by atoms with van der Waals surface area (Å²) in [5.74, 6) is 0.881. The van der Waals surface area contributed by atoms with E-state index in [1.54, 1.807) is 0 Å². The Kier molecular flexibility index (Phi) is 6.55. The van der Waals surface area contributed by atoms with Gasteiger partial charge in [-0.3, -0.25) is 9.59 Å². The van der Waals surface area contributed by atoms with Gasteiger partial charge in [0.25, 0.3) is 5.91 Å². The lowest BCUT2D eigenvalue weighted by atomic mass is 9.92. The topological polar surface area (TPSA) is 53.5 Å². The molecule has 2 aromatic carbocycles. The molecule has 0 radical (unpaired) electrons. The molecule has 0 N–H and O–H groups in total. The molecule has 1 aromatic heterocycles. The normalized spacial score (nSPS) is 19.4. The predicted octanol–water partition coefficient (Wildman–Crippen LogP) is 5.67. The van der Waals surface area contributed by atoms with Gasteiger partial charge in [0.15, 0.2) is 0 Å². The van der Waals surface area contributed by atoms with E-state index in [4.69, 9.17) is 16.6 Å². The number of piperidine rings is 2. The quantitative estimate of drug-likeness (QED) is 0.490. The molecule has 2 aliphatic rings. The molecular weight excluding hydrogens is 446 g/mol. The van der Waals surface area contributed by atoms with Gasteiger partial charge in [-0.05, 0) is 55.9 Å². The predicted molar refractivity (Wildman–Crippen MR) is 136 cm³/mol. The number of carbonyl (C=O) groups is 2. The maximum atomic E-state index is 13.7. The molecule has 2 saturated heterocycles. The van der Waals surface area contributed by atoms with Crippen LogP contribution in [0, 0.1) is 11.8 Å². The highest BCUT2D eigenvalue weighted by Crippen LogP contribution is 2.29. The molecule has 1 unspecified atom stereocenters. The van der Waals surface area contributed by atoms with Crippen LogP contribution < -0.4 is 0 Å². The van der Waals surface area contributed by atoms with Crippen LogP contribution in [0.3, 0.4) is 0 Å². The summed E-state index contributed by atoms with van der Waals surface area (Å²) in [6, 6.07) is 17.2. The summed E-state index contributed by atoms with van der Waals surface area (Å²) in [5.41, 5.74) is 3.13. The van der Waals surface area contributed by atoms with Gasteiger partial charge in [-0.15, -0.1) is 0 Å². The van der Waals surface area contributed by atoms with Crippen molar-refractivity contribution >= 4 is 34.3 Å². The van der Waals surface area contributed by atoms with Gasteiger partial charge < -0.3 is 9.80 Å². The number of rotatable bonds is 3. The molecule has 0 spiro atoms. The van der Waals surface area contributed by atoms with E-state index < -0.39 is 0 Å². The number of carbonyl (C=O) groups excluding carboxylic acids is 2. The monoisotopic (exact) mass is 475 g/mol. The highest BCUT2D eigenvalue weighted by Gasteiger charge is 2.32. The zero-order valence-electron chi connectivity index (χ0n) is 19.5. The Morgan fingerprint density at radius 1 is 0.941 bits per heavy atom. The Bertz CT molecular complexity index is 1200. The first-order valence-electron chi connectivity index (χ1n) is 12.2. The van der Waals surface area contributed by atoms with Crippen molar-refractivity contribution in [3.63, 3.8) is 0 Å². The third-order valence-corrected chi connectivity index (χ3v) is 7.44. The third kappa shape index (κ3) is 4.67. The SMILES string of the molecule is CC1CCCN(C(=O)C2CCN(C(=O)c3cc(-c4ccc(Cl)cc4)nc4ccccc34)CC2)C1. The molecule has 2 amide bonds. The standard InChI is InChI=1S/C28H30ClN3O2/c1-19-5-4-14-32(18-19)27(33)21-12-15-31(16-13-21)28(34)24-17-26(20-8-10-22(29)11-9-20)30-25-7-3-2-6-23(24)25/h2-3,6-11,17,19,21H,4-5,12-16,18H2,1H3. The van der Waals surface area contributed by atoms with E-state index in [-0.39, 0.29) is 17.7 Å². The lowest BCUT2D eigenvalue weighted by Gasteiger charge is -2.37. The fourth-order valence-corrected chi connectivity index (χ4v) is 5.39. The second kappa shape index (κ2) is 9.75. The molecule has 176 valence electrons. The van der Waals surface area contributed by atoms with Gasteiger partial charge in [0.1, 0.15) is 0 Å². The molecule has 0 bridgehead atoms. The second-order valence-electron chi connectivity index (χ2n) is 9.68. The molecule has 2 fully saturated rings. The van der Waals surface area contributed by atoms with E-state index in [0.717, 1.165) is 54.5 Å². The number of para-hydroxylation sites is 1. The Hall–Kier alpha value is -2.92. The van der Waals surface area contributed by atoms with Crippen LogP contribution in [0.5, 0.6) is 0 Å². The molecule has 34 heavy (non-hydrogen) atoms. The molecule has 1 atom stereocenters. The van der Waals surface area contributed by atoms with Crippen molar-refractivity contribution in [1.29, 1.82) is 0 Å². The average Bonchev–Trinajstić information content (AvgIpc) is 2.88. The zero-order chi connectivity index (χ0) is 23.7. The fourth-order valence-electron chi connectivity index (χ4n) is 5.27. The molecule has 5 nitrogen and oxygen atoms in total. The van der Waals surface area contributed by atoms with E-state index >= 15 is 0 Å². The van der Waals surface area contributed by atoms with Crippen LogP contribution in [0.1, 0.15) is 43.0 Å². The van der Waals surface area contributed by atoms with Crippen molar-refractivity contribution in [3.05, 3.63) is 65.2 Å². The average molecular weight is 476 g/mol. The molecule has 3 heterocycles. The Morgan fingerprint density at radius 2 is 1.68 bits per heavy atom. The van der Waals surface area contributed by atoms with Crippen molar-refractivity contribution in [2.24, 2.45) is 11.8 Å². The third-order valence-electron chi connectivity index (χ3n) is 7.19. The van der Waals surface area contributed by atoms with Gasteiger partial charge in [0, 0.05) is 48.1 Å². The minimum Gasteiger partial charge on any atom is -0.342 e. The van der Waals surface area contributed by atoms with Gasteiger partial charge in [-0.25, -0.2) is 4.98 Å². The van der Waals surface area contributed by atoms with Crippen LogP contribution in [-0.2, 0) is 4.79 Å². The van der Waals surface area contributed by atoms with E-state index in [0.29, 0.717) is 29.6 Å². The van der Waals surface area contributed by atoms with Gasteiger partial charge in [0.05, 0.1) is 16.8 Å². The molecule has 0 saturated carbocycles. The van der Waals surface area contributed by atoms with Crippen LogP contribution in [0.4, 0.5) is 0 Å². The summed E-state index contributed by atoms with van der Waals surface area (Å²) < 4.78 is 0. The Morgan fingerprint density at radius 3 is 2.41 bits per heavy atom. The van der Waals surface area contributed by atoms with Crippen LogP contribution in [-0.4, -0.2) is 52.8 Å². The van der Waals surface area contributed by atoms with Crippen LogP contribution in [0.2, 0.25) is 5.02 Å². The van der Waals surface area contributed by atoms with Gasteiger partial charge in [0.2, 0.25) is 5.91 Å². The fraction of sp³-hybridized carbons (Fsp3) is 0.393. The molecule has 3 aromatic rings. The van der Waals surface area contributed by atoms with Gasteiger partial charge >= 0.3 is 0 Å². The summed E-state index contributed by atoms with van der Waals surface area (Å²) in [4.78, 5) is 35.4. The largest absolute Gasteiger partial charge is 0.342 e. The number of pyridine rings is 1. The van der Waals surface area contributed by atoms with Crippen molar-refractivity contribution in [3.8, 4) is 11.3 Å². The molecule has 0 aliphatic carbocycles. The number of hydrogen-bond donors (Lipinski definition) is 0.